The van der Waals surface area contributed by atoms with Gasteiger partial charge in [-0.3, -0.25) is 0 Å². The van der Waals surface area contributed by atoms with E-state index >= 15 is 0 Å². The monoisotopic (exact) mass is 312 g/mol. The largest absolute Gasteiger partial charge is 0.392 e. The van der Waals surface area contributed by atoms with Crippen LogP contribution in [0.3, 0.4) is 0 Å². The lowest BCUT2D eigenvalue weighted by Crippen LogP contribution is -2.27. The maximum atomic E-state index is 13.0. The first-order chi connectivity index (χ1) is 8.63. The minimum Gasteiger partial charge on any atom is -0.392 e. The van der Waals surface area contributed by atoms with Gasteiger partial charge < -0.3 is 5.11 Å². The molecule has 3 heteroatoms. The predicted octanol–water partition coefficient (Wildman–Crippen LogP) is 3.93. The van der Waals surface area contributed by atoms with Crippen LogP contribution in [0.5, 0.6) is 0 Å². The van der Waals surface area contributed by atoms with Crippen LogP contribution < -0.4 is 0 Å². The molecular weight excluding hydrogens is 295 g/mol. The van der Waals surface area contributed by atoms with Gasteiger partial charge in [0.2, 0.25) is 0 Å². The lowest BCUT2D eigenvalue weighted by Gasteiger charge is -2.27. The van der Waals surface area contributed by atoms with E-state index < -0.39 is 0 Å². The third-order valence-corrected chi connectivity index (χ3v) is 5.47. The van der Waals surface area contributed by atoms with Crippen LogP contribution in [0.2, 0.25) is 0 Å². The van der Waals surface area contributed by atoms with Crippen LogP contribution in [0.15, 0.2) is 22.7 Å². The summed E-state index contributed by atoms with van der Waals surface area (Å²) < 4.78 is 13.8. The van der Waals surface area contributed by atoms with E-state index in [2.05, 4.69) is 15.9 Å². The number of aliphatic hydroxyl groups excluding tert-OH is 1. The molecule has 4 unspecified atom stereocenters. The molecule has 1 aromatic carbocycles. The Morgan fingerprint density at radius 3 is 2.78 bits per heavy atom. The molecule has 18 heavy (non-hydrogen) atoms. The molecule has 3 rings (SSSR count). The maximum Gasteiger partial charge on any atom is 0.124 e. The molecule has 0 amide bonds. The molecule has 0 radical (unpaired) electrons. The maximum absolute atomic E-state index is 13.0. The van der Waals surface area contributed by atoms with Crippen molar-refractivity contribution in [3.63, 3.8) is 0 Å². The Morgan fingerprint density at radius 2 is 2.17 bits per heavy atom. The SMILES string of the molecule is OC(Cc1ccc(F)cc1Br)C1CC2CCC1C2. The van der Waals surface area contributed by atoms with Gasteiger partial charge in [-0.2, -0.15) is 0 Å². The lowest BCUT2D eigenvalue weighted by molar-refractivity contribution is 0.0749. The van der Waals surface area contributed by atoms with Crippen LogP contribution >= 0.6 is 15.9 Å². The number of hydrogen-bond donors (Lipinski definition) is 1. The minimum atomic E-state index is -0.276. The van der Waals surface area contributed by atoms with Crippen molar-refractivity contribution in [1.29, 1.82) is 0 Å². The second-order valence-electron chi connectivity index (χ2n) is 5.85. The Bertz CT molecular complexity index is 448. The van der Waals surface area contributed by atoms with Gasteiger partial charge >= 0.3 is 0 Å². The van der Waals surface area contributed by atoms with E-state index in [0.29, 0.717) is 12.3 Å². The first-order valence-corrected chi connectivity index (χ1v) is 7.55. The van der Waals surface area contributed by atoms with E-state index in [4.69, 9.17) is 0 Å². The van der Waals surface area contributed by atoms with Crippen molar-refractivity contribution in [2.45, 2.75) is 38.2 Å². The molecule has 1 N–H and O–H groups in total. The van der Waals surface area contributed by atoms with Gasteiger partial charge in [-0.25, -0.2) is 4.39 Å². The van der Waals surface area contributed by atoms with Gasteiger partial charge in [0.25, 0.3) is 0 Å². The van der Waals surface area contributed by atoms with Crippen molar-refractivity contribution >= 4 is 15.9 Å². The van der Waals surface area contributed by atoms with Crippen molar-refractivity contribution in [3.8, 4) is 0 Å². The van der Waals surface area contributed by atoms with Crippen molar-refractivity contribution in [3.05, 3.63) is 34.1 Å². The molecule has 0 saturated heterocycles. The summed E-state index contributed by atoms with van der Waals surface area (Å²) in [5.41, 5.74) is 1.01. The summed E-state index contributed by atoms with van der Waals surface area (Å²) in [7, 11) is 0. The normalized spacial score (nSPS) is 31.8. The molecule has 0 heterocycles. The molecule has 2 bridgehead atoms. The topological polar surface area (TPSA) is 20.2 Å². The van der Waals surface area contributed by atoms with Crippen molar-refractivity contribution in [2.75, 3.05) is 0 Å². The quantitative estimate of drug-likeness (QED) is 0.896. The molecule has 0 spiro atoms. The molecule has 0 aromatic heterocycles. The van der Waals surface area contributed by atoms with Crippen LogP contribution in [0.25, 0.3) is 0 Å². The van der Waals surface area contributed by atoms with Crippen LogP contribution in [-0.4, -0.2) is 11.2 Å². The van der Waals surface area contributed by atoms with E-state index in [0.717, 1.165) is 21.9 Å². The summed E-state index contributed by atoms with van der Waals surface area (Å²) in [6.07, 6.45) is 5.50. The zero-order valence-electron chi connectivity index (χ0n) is 10.3. The van der Waals surface area contributed by atoms with Crippen LogP contribution in [-0.2, 0) is 6.42 Å². The third kappa shape index (κ3) is 2.35. The van der Waals surface area contributed by atoms with Gasteiger partial charge in [0, 0.05) is 4.47 Å². The average molecular weight is 313 g/mol. The van der Waals surface area contributed by atoms with Crippen molar-refractivity contribution in [1.82, 2.24) is 0 Å². The highest BCUT2D eigenvalue weighted by molar-refractivity contribution is 9.10. The molecule has 2 fully saturated rings. The molecule has 2 aliphatic rings. The van der Waals surface area contributed by atoms with Gasteiger partial charge in [0.15, 0.2) is 0 Å². The number of aliphatic hydroxyl groups is 1. The fourth-order valence-electron chi connectivity index (χ4n) is 3.83. The summed E-state index contributed by atoms with van der Waals surface area (Å²) >= 11 is 3.37. The first kappa shape index (κ1) is 12.6. The van der Waals surface area contributed by atoms with Crippen LogP contribution in [0.1, 0.15) is 31.2 Å². The average Bonchev–Trinajstić information content (AvgIpc) is 2.94. The number of rotatable bonds is 3. The van der Waals surface area contributed by atoms with E-state index in [1.807, 2.05) is 0 Å². The van der Waals surface area contributed by atoms with Crippen LogP contribution in [0, 0.1) is 23.6 Å². The Morgan fingerprint density at radius 1 is 1.33 bits per heavy atom. The highest BCUT2D eigenvalue weighted by atomic mass is 79.9. The van der Waals surface area contributed by atoms with Crippen molar-refractivity contribution in [2.24, 2.45) is 17.8 Å². The van der Waals surface area contributed by atoms with Gasteiger partial charge in [-0.15, -0.1) is 0 Å². The van der Waals surface area contributed by atoms with E-state index in [1.165, 1.54) is 37.8 Å². The molecule has 2 saturated carbocycles. The predicted molar refractivity (Wildman–Crippen MR) is 72.7 cm³/mol. The molecule has 2 aliphatic carbocycles. The van der Waals surface area contributed by atoms with E-state index in [-0.39, 0.29) is 11.9 Å². The summed E-state index contributed by atoms with van der Waals surface area (Å²) in [6, 6.07) is 4.71. The number of hydrogen-bond acceptors (Lipinski definition) is 1. The Kier molecular flexibility index (Phi) is 3.46. The minimum absolute atomic E-state index is 0.236. The Labute approximate surface area is 116 Å². The zero-order valence-corrected chi connectivity index (χ0v) is 11.9. The molecular formula is C15H18BrFO. The van der Waals surface area contributed by atoms with Crippen molar-refractivity contribution < 1.29 is 9.50 Å². The number of fused-ring (bicyclic) bond motifs is 2. The van der Waals surface area contributed by atoms with E-state index in [9.17, 15) is 9.50 Å². The zero-order chi connectivity index (χ0) is 12.7. The molecule has 1 nitrogen and oxygen atoms in total. The standard InChI is InChI=1S/C15H18BrFO/c16-14-8-12(17)4-3-11(14)7-15(18)13-6-9-1-2-10(13)5-9/h3-4,8-10,13,15,18H,1-2,5-7H2. The third-order valence-electron chi connectivity index (χ3n) is 4.73. The second-order valence-corrected chi connectivity index (χ2v) is 6.70. The molecule has 0 aliphatic heterocycles. The van der Waals surface area contributed by atoms with E-state index in [1.54, 1.807) is 6.07 Å². The Balaban J connectivity index is 1.69. The second kappa shape index (κ2) is 4.93. The van der Waals surface area contributed by atoms with Gasteiger partial charge in [-0.1, -0.05) is 28.4 Å². The van der Waals surface area contributed by atoms with Gasteiger partial charge in [0.1, 0.15) is 5.82 Å². The van der Waals surface area contributed by atoms with Gasteiger partial charge in [-0.05, 0) is 61.1 Å². The summed E-state index contributed by atoms with van der Waals surface area (Å²) in [4.78, 5) is 0. The fraction of sp³-hybridized carbons (Fsp3) is 0.600. The molecule has 4 atom stereocenters. The summed E-state index contributed by atoms with van der Waals surface area (Å²) in [5, 5.41) is 10.4. The highest BCUT2D eigenvalue weighted by Crippen LogP contribution is 2.50. The smallest absolute Gasteiger partial charge is 0.124 e. The van der Waals surface area contributed by atoms with Gasteiger partial charge in [0.05, 0.1) is 6.10 Å². The fourth-order valence-corrected chi connectivity index (χ4v) is 4.34. The number of benzene rings is 1. The molecule has 1 aromatic rings. The molecule has 98 valence electrons. The highest BCUT2D eigenvalue weighted by Gasteiger charge is 2.42. The first-order valence-electron chi connectivity index (χ1n) is 6.75. The lowest BCUT2D eigenvalue weighted by atomic mass is 9.82. The summed E-state index contributed by atoms with van der Waals surface area (Å²) in [6.45, 7) is 0. The Hall–Kier alpha value is -0.410. The summed E-state index contributed by atoms with van der Waals surface area (Å²) in [5.74, 6) is 1.80. The number of halogens is 2. The van der Waals surface area contributed by atoms with Crippen LogP contribution in [0.4, 0.5) is 4.39 Å².